The van der Waals surface area contributed by atoms with Gasteiger partial charge >= 0.3 is 0 Å². The van der Waals surface area contributed by atoms with Crippen molar-refractivity contribution in [3.8, 4) is 6.07 Å². The Morgan fingerprint density at radius 3 is 3.07 bits per heavy atom. The average Bonchev–Trinajstić information content (AvgIpc) is 2.70. The fraction of sp³-hybridized carbons (Fsp3) is 0.111. The first kappa shape index (κ1) is 8.53. The minimum Gasteiger partial charge on any atom is -0.399 e. The molecule has 5 nitrogen and oxygen atoms in total. The first-order valence-electron chi connectivity index (χ1n) is 4.17. The van der Waals surface area contributed by atoms with Crippen LogP contribution in [0.3, 0.4) is 0 Å². The summed E-state index contributed by atoms with van der Waals surface area (Å²) < 4.78 is 0. The number of benzene rings is 1. The number of hydrazone groups is 1. The first-order valence-corrected chi connectivity index (χ1v) is 4.17. The number of nitrogen functional groups attached to an aromatic ring is 1. The van der Waals surface area contributed by atoms with Gasteiger partial charge in [-0.15, -0.1) is 0 Å². The monoisotopic (exact) mass is 187 g/mol. The van der Waals surface area contributed by atoms with E-state index in [2.05, 4.69) is 16.6 Å². The molecule has 0 unspecified atom stereocenters. The highest BCUT2D eigenvalue weighted by Gasteiger charge is 2.12. The lowest BCUT2D eigenvalue weighted by molar-refractivity contribution is 0.756. The van der Waals surface area contributed by atoms with Crippen molar-refractivity contribution < 1.29 is 0 Å². The van der Waals surface area contributed by atoms with Crippen molar-refractivity contribution in [3.05, 3.63) is 23.8 Å². The van der Waals surface area contributed by atoms with Crippen LogP contribution in [0.15, 0.2) is 23.3 Å². The molecule has 1 aliphatic heterocycles. The zero-order valence-corrected chi connectivity index (χ0v) is 7.44. The molecule has 1 heterocycles. The van der Waals surface area contributed by atoms with Gasteiger partial charge in [-0.3, -0.25) is 0 Å². The van der Waals surface area contributed by atoms with Crippen molar-refractivity contribution in [1.82, 2.24) is 5.43 Å². The first-order chi connectivity index (χ1) is 6.81. The third kappa shape index (κ3) is 1.39. The van der Waals surface area contributed by atoms with E-state index in [9.17, 15) is 0 Å². The van der Waals surface area contributed by atoms with E-state index in [1.54, 1.807) is 29.5 Å². The summed E-state index contributed by atoms with van der Waals surface area (Å²) >= 11 is 0. The third-order valence-corrected chi connectivity index (χ3v) is 1.90. The van der Waals surface area contributed by atoms with Gasteiger partial charge in [-0.1, -0.05) is 0 Å². The van der Waals surface area contributed by atoms with Crippen LogP contribution in [0, 0.1) is 11.3 Å². The van der Waals surface area contributed by atoms with Crippen molar-refractivity contribution >= 4 is 17.6 Å². The Bertz CT molecular complexity index is 418. The number of nitrogens with zero attached hydrogens (tertiary/aromatic N) is 3. The molecule has 14 heavy (non-hydrogen) atoms. The summed E-state index contributed by atoms with van der Waals surface area (Å²) in [7, 11) is 0. The molecule has 1 aromatic carbocycles. The normalized spacial score (nSPS) is 14.4. The molecule has 3 N–H and O–H groups in total. The second-order valence-corrected chi connectivity index (χ2v) is 2.86. The van der Waals surface area contributed by atoms with Crippen molar-refractivity contribution in [3.63, 3.8) is 0 Å². The summed E-state index contributed by atoms with van der Waals surface area (Å²) in [5.41, 5.74) is 10.4. The Balaban J connectivity index is 2.42. The molecule has 0 radical (unpaired) electrons. The number of hydrogen-bond acceptors (Lipinski definition) is 5. The van der Waals surface area contributed by atoms with Gasteiger partial charge < -0.3 is 5.73 Å². The molecule has 1 aliphatic rings. The lowest BCUT2D eigenvalue weighted by atomic mass is 10.2. The van der Waals surface area contributed by atoms with Crippen LogP contribution in [0.4, 0.5) is 11.4 Å². The lowest BCUT2D eigenvalue weighted by Crippen LogP contribution is -2.28. The number of nitrogens with two attached hydrogens (primary N) is 1. The number of hydrazine groups is 1. The predicted molar refractivity (Wildman–Crippen MR) is 54.5 cm³/mol. The Hall–Kier alpha value is -2.06. The highest BCUT2D eigenvalue weighted by Crippen LogP contribution is 2.21. The molecule has 0 atom stereocenters. The van der Waals surface area contributed by atoms with Crippen LogP contribution in [0.2, 0.25) is 0 Å². The van der Waals surface area contributed by atoms with Crippen molar-refractivity contribution in [2.24, 2.45) is 5.10 Å². The maximum Gasteiger partial charge on any atom is 0.102 e. The molecule has 0 fully saturated rings. The summed E-state index contributed by atoms with van der Waals surface area (Å²) in [5.74, 6) is 0. The number of nitrogens with one attached hydrogen (secondary N) is 1. The van der Waals surface area contributed by atoms with Crippen LogP contribution in [0.5, 0.6) is 0 Å². The predicted octanol–water partition coefficient (Wildman–Crippen LogP) is 0.451. The fourth-order valence-corrected chi connectivity index (χ4v) is 1.27. The number of nitriles is 1. The fourth-order valence-electron chi connectivity index (χ4n) is 1.27. The zero-order chi connectivity index (χ0) is 9.97. The summed E-state index contributed by atoms with van der Waals surface area (Å²) in [5, 5.41) is 14.5. The average molecular weight is 187 g/mol. The number of anilines is 2. The van der Waals surface area contributed by atoms with E-state index in [1.165, 1.54) is 0 Å². The van der Waals surface area contributed by atoms with E-state index in [0.717, 1.165) is 5.69 Å². The Morgan fingerprint density at radius 1 is 1.57 bits per heavy atom. The van der Waals surface area contributed by atoms with Gasteiger partial charge in [0.25, 0.3) is 0 Å². The van der Waals surface area contributed by atoms with Gasteiger partial charge in [0.15, 0.2) is 0 Å². The Kier molecular flexibility index (Phi) is 2.05. The van der Waals surface area contributed by atoms with Gasteiger partial charge in [0, 0.05) is 11.9 Å². The van der Waals surface area contributed by atoms with Crippen molar-refractivity contribution in [2.75, 3.05) is 17.4 Å². The van der Waals surface area contributed by atoms with Gasteiger partial charge in [-0.25, -0.2) is 5.43 Å². The van der Waals surface area contributed by atoms with Crippen LogP contribution in [0.25, 0.3) is 0 Å². The maximum atomic E-state index is 8.89. The minimum atomic E-state index is 0.511. The molecular weight excluding hydrogens is 178 g/mol. The van der Waals surface area contributed by atoms with E-state index < -0.39 is 0 Å². The molecule has 0 amide bonds. The van der Waals surface area contributed by atoms with E-state index >= 15 is 0 Å². The molecule has 0 bridgehead atoms. The van der Waals surface area contributed by atoms with Crippen molar-refractivity contribution in [2.45, 2.75) is 0 Å². The third-order valence-electron chi connectivity index (χ3n) is 1.90. The lowest BCUT2D eigenvalue weighted by Gasteiger charge is -2.15. The van der Waals surface area contributed by atoms with Crippen LogP contribution >= 0.6 is 0 Å². The molecule has 70 valence electrons. The van der Waals surface area contributed by atoms with Crippen molar-refractivity contribution in [1.29, 1.82) is 5.26 Å². The summed E-state index contributed by atoms with van der Waals surface area (Å²) in [6.07, 6.45) is 1.73. The van der Waals surface area contributed by atoms with Gasteiger partial charge in [0.2, 0.25) is 0 Å². The highest BCUT2D eigenvalue weighted by atomic mass is 15.7. The minimum absolute atomic E-state index is 0.511. The summed E-state index contributed by atoms with van der Waals surface area (Å²) in [4.78, 5) is 0. The second-order valence-electron chi connectivity index (χ2n) is 2.86. The molecule has 0 spiro atoms. The molecule has 0 aromatic heterocycles. The van der Waals surface area contributed by atoms with Crippen LogP contribution in [0.1, 0.15) is 5.56 Å². The Morgan fingerprint density at radius 2 is 2.43 bits per heavy atom. The summed E-state index contributed by atoms with van der Waals surface area (Å²) in [6.45, 7) is 0.676. The van der Waals surface area contributed by atoms with Crippen LogP contribution < -0.4 is 16.3 Å². The number of hydrogen-bond donors (Lipinski definition) is 2. The Labute approximate surface area is 81.4 Å². The molecule has 0 aliphatic carbocycles. The second kappa shape index (κ2) is 3.36. The topological polar surface area (TPSA) is 77.4 Å². The molecule has 0 saturated carbocycles. The van der Waals surface area contributed by atoms with Gasteiger partial charge in [-0.2, -0.15) is 15.5 Å². The molecule has 0 saturated heterocycles. The standard InChI is InChI=1S/C9H9N5/c10-6-7-5-8(11)1-2-9(7)14-12-3-4-13-14/h1-3,5,13H,4,11H2. The van der Waals surface area contributed by atoms with E-state index in [4.69, 9.17) is 11.0 Å². The summed E-state index contributed by atoms with van der Waals surface area (Å²) in [6, 6.07) is 7.22. The van der Waals surface area contributed by atoms with Gasteiger partial charge in [0.05, 0.1) is 17.8 Å². The highest BCUT2D eigenvalue weighted by molar-refractivity contribution is 5.70. The number of rotatable bonds is 1. The van der Waals surface area contributed by atoms with E-state index in [0.29, 0.717) is 17.8 Å². The molecular formula is C9H9N5. The quantitative estimate of drug-likeness (QED) is 0.626. The van der Waals surface area contributed by atoms with Crippen LogP contribution in [-0.2, 0) is 0 Å². The van der Waals surface area contributed by atoms with Gasteiger partial charge in [0.1, 0.15) is 6.07 Å². The zero-order valence-electron chi connectivity index (χ0n) is 7.44. The van der Waals surface area contributed by atoms with Crippen LogP contribution in [-0.4, -0.2) is 12.8 Å². The largest absolute Gasteiger partial charge is 0.399 e. The SMILES string of the molecule is N#Cc1cc(N)ccc1N1N=CCN1. The smallest absolute Gasteiger partial charge is 0.102 e. The van der Waals surface area contributed by atoms with E-state index in [1.807, 2.05) is 0 Å². The molecule has 5 heteroatoms. The molecule has 2 rings (SSSR count). The maximum absolute atomic E-state index is 8.89. The van der Waals surface area contributed by atoms with Gasteiger partial charge in [-0.05, 0) is 18.2 Å². The van der Waals surface area contributed by atoms with E-state index in [-0.39, 0.29) is 0 Å². The molecule has 1 aromatic rings.